The Morgan fingerprint density at radius 1 is 1.21 bits per heavy atom. The molecule has 2 aliphatic rings. The van der Waals surface area contributed by atoms with Crippen LogP contribution in [0.25, 0.3) is 0 Å². The molecule has 0 radical (unpaired) electrons. The Kier molecular flexibility index (Phi) is 5.85. The number of carbonyl (C=O) groups excluding carboxylic acids is 2. The molecular weight excluding hydrogens is 375 g/mol. The summed E-state index contributed by atoms with van der Waals surface area (Å²) in [4.78, 5) is 35.0. The van der Waals surface area contributed by atoms with Crippen LogP contribution < -0.4 is 10.2 Å². The molecule has 1 aliphatic carbocycles. The van der Waals surface area contributed by atoms with Gasteiger partial charge in [0.15, 0.2) is 0 Å². The lowest BCUT2D eigenvalue weighted by Gasteiger charge is -2.36. The van der Waals surface area contributed by atoms with Crippen LogP contribution in [-0.4, -0.2) is 58.9 Å². The third-order valence-electron chi connectivity index (χ3n) is 5.12. The Labute approximate surface area is 160 Å². The molecule has 1 aromatic heterocycles. The van der Waals surface area contributed by atoms with Crippen LogP contribution in [0.15, 0.2) is 24.9 Å². The molecule has 0 spiro atoms. The van der Waals surface area contributed by atoms with Crippen molar-refractivity contribution in [3.05, 3.63) is 30.6 Å². The number of amides is 2. The van der Waals surface area contributed by atoms with E-state index in [1.165, 1.54) is 6.08 Å². The maximum atomic E-state index is 12.8. The van der Waals surface area contributed by atoms with Crippen molar-refractivity contribution < 1.29 is 22.8 Å². The summed E-state index contributed by atoms with van der Waals surface area (Å²) < 4.78 is 38.4. The number of hydrogen-bond donors (Lipinski definition) is 1. The van der Waals surface area contributed by atoms with E-state index in [0.29, 0.717) is 39.0 Å². The minimum atomic E-state index is -4.52. The largest absolute Gasteiger partial charge is 0.433 e. The highest BCUT2D eigenvalue weighted by molar-refractivity contribution is 5.87. The summed E-state index contributed by atoms with van der Waals surface area (Å²) in [6.07, 6.45) is -0.167. The van der Waals surface area contributed by atoms with E-state index in [0.717, 1.165) is 18.7 Å². The average molecular weight is 397 g/mol. The Morgan fingerprint density at radius 2 is 1.93 bits per heavy atom. The fraction of sp³-hybridized carbons (Fsp3) is 0.556. The summed E-state index contributed by atoms with van der Waals surface area (Å²) in [5, 5.41) is 2.82. The van der Waals surface area contributed by atoms with Gasteiger partial charge in [-0.25, -0.2) is 9.97 Å². The molecule has 0 aromatic carbocycles. The van der Waals surface area contributed by atoms with Crippen molar-refractivity contribution >= 4 is 17.8 Å². The summed E-state index contributed by atoms with van der Waals surface area (Å²) >= 11 is 0. The minimum absolute atomic E-state index is 0.0231. The Morgan fingerprint density at radius 3 is 2.57 bits per heavy atom. The molecule has 2 heterocycles. The second-order valence-corrected chi connectivity index (χ2v) is 6.97. The van der Waals surface area contributed by atoms with E-state index in [-0.39, 0.29) is 29.7 Å². The zero-order valence-corrected chi connectivity index (χ0v) is 15.3. The number of hydrogen-bond acceptors (Lipinski definition) is 5. The fourth-order valence-corrected chi connectivity index (χ4v) is 3.64. The van der Waals surface area contributed by atoms with Gasteiger partial charge in [0.25, 0.3) is 0 Å². The number of nitrogens with one attached hydrogen (secondary N) is 1. The van der Waals surface area contributed by atoms with Gasteiger partial charge in [0.2, 0.25) is 17.8 Å². The van der Waals surface area contributed by atoms with Gasteiger partial charge in [0.05, 0.1) is 0 Å². The Bertz CT molecular complexity index is 747. The lowest BCUT2D eigenvalue weighted by molar-refractivity contribution is -0.141. The second-order valence-electron chi connectivity index (χ2n) is 6.97. The van der Waals surface area contributed by atoms with Crippen molar-refractivity contribution in [2.45, 2.75) is 31.5 Å². The number of piperazine rings is 1. The van der Waals surface area contributed by atoms with E-state index < -0.39 is 11.9 Å². The first-order chi connectivity index (χ1) is 13.3. The Balaban J connectivity index is 1.54. The van der Waals surface area contributed by atoms with Gasteiger partial charge in [-0.2, -0.15) is 13.2 Å². The predicted octanol–water partition coefficient (Wildman–Crippen LogP) is 1.61. The fourth-order valence-electron chi connectivity index (χ4n) is 3.64. The zero-order valence-electron chi connectivity index (χ0n) is 15.3. The number of aromatic nitrogens is 2. The Hall–Kier alpha value is -2.65. The molecule has 28 heavy (non-hydrogen) atoms. The number of rotatable bonds is 4. The summed E-state index contributed by atoms with van der Waals surface area (Å²) in [5.41, 5.74) is -0.977. The average Bonchev–Trinajstić information content (AvgIpc) is 3.15. The molecule has 0 unspecified atom stereocenters. The molecule has 3 rings (SSSR count). The van der Waals surface area contributed by atoms with Crippen LogP contribution in [0.4, 0.5) is 19.1 Å². The van der Waals surface area contributed by atoms with Gasteiger partial charge in [0.1, 0.15) is 5.69 Å². The number of alkyl halides is 3. The summed E-state index contributed by atoms with van der Waals surface area (Å²) in [6, 6.07) is 0.810. The van der Waals surface area contributed by atoms with Crippen molar-refractivity contribution in [1.29, 1.82) is 0 Å². The van der Waals surface area contributed by atoms with Gasteiger partial charge >= 0.3 is 6.18 Å². The summed E-state index contributed by atoms with van der Waals surface area (Å²) in [6.45, 7) is 4.96. The highest BCUT2D eigenvalue weighted by atomic mass is 19.4. The van der Waals surface area contributed by atoms with Crippen molar-refractivity contribution in [3.8, 4) is 0 Å². The van der Waals surface area contributed by atoms with Crippen molar-refractivity contribution in [3.63, 3.8) is 0 Å². The molecule has 1 aliphatic heterocycles. The third kappa shape index (κ3) is 4.60. The molecule has 1 N–H and O–H groups in total. The van der Waals surface area contributed by atoms with Gasteiger partial charge in [-0.3, -0.25) is 9.59 Å². The first-order valence-electron chi connectivity index (χ1n) is 9.15. The number of carbonyl (C=O) groups is 2. The number of anilines is 1. The van der Waals surface area contributed by atoms with Crippen LogP contribution in [0.3, 0.4) is 0 Å². The van der Waals surface area contributed by atoms with Crippen LogP contribution in [0.5, 0.6) is 0 Å². The highest BCUT2D eigenvalue weighted by Gasteiger charge is 2.36. The van der Waals surface area contributed by atoms with Crippen molar-refractivity contribution in [1.82, 2.24) is 20.2 Å². The van der Waals surface area contributed by atoms with Crippen LogP contribution in [0.2, 0.25) is 0 Å². The van der Waals surface area contributed by atoms with Crippen LogP contribution in [-0.2, 0) is 15.8 Å². The molecule has 2 amide bonds. The lowest BCUT2D eigenvalue weighted by Crippen LogP contribution is -2.50. The van der Waals surface area contributed by atoms with Gasteiger partial charge in [-0.15, -0.1) is 0 Å². The molecule has 152 valence electrons. The summed E-state index contributed by atoms with van der Waals surface area (Å²) in [5.74, 6) is -0.339. The highest BCUT2D eigenvalue weighted by Crippen LogP contribution is 2.29. The molecule has 1 saturated heterocycles. The van der Waals surface area contributed by atoms with Gasteiger partial charge < -0.3 is 15.1 Å². The van der Waals surface area contributed by atoms with E-state index in [1.54, 1.807) is 9.80 Å². The topological polar surface area (TPSA) is 78.4 Å². The molecular formula is C18H22F3N5O2. The molecule has 2 atom stereocenters. The minimum Gasteiger partial charge on any atom is -0.350 e. The smallest absolute Gasteiger partial charge is 0.350 e. The van der Waals surface area contributed by atoms with Gasteiger partial charge in [0, 0.05) is 44.3 Å². The molecule has 2 fully saturated rings. The van der Waals surface area contributed by atoms with E-state index in [1.807, 2.05) is 0 Å². The van der Waals surface area contributed by atoms with Crippen LogP contribution >= 0.6 is 0 Å². The maximum absolute atomic E-state index is 12.8. The van der Waals surface area contributed by atoms with E-state index in [9.17, 15) is 22.8 Å². The quantitative estimate of drug-likeness (QED) is 0.782. The van der Waals surface area contributed by atoms with Crippen LogP contribution in [0, 0.1) is 5.92 Å². The third-order valence-corrected chi connectivity index (χ3v) is 5.12. The second kappa shape index (κ2) is 8.15. The molecule has 0 bridgehead atoms. The molecule has 1 saturated carbocycles. The molecule has 10 heteroatoms. The maximum Gasteiger partial charge on any atom is 0.433 e. The molecule has 1 aromatic rings. The standard InChI is InChI=1S/C18H22F3N5O2/c1-2-15(27)23-13-4-3-12(11-13)16(28)25-7-9-26(10-8-25)17-22-6-5-14(24-17)18(19,20)21/h2,5-6,12-13H,1,3-4,7-11H2,(H,23,27)/t12-,13-/m1/s1. The van der Waals surface area contributed by atoms with Gasteiger partial charge in [-0.05, 0) is 31.4 Å². The predicted molar refractivity (Wildman–Crippen MR) is 95.3 cm³/mol. The number of nitrogens with zero attached hydrogens (tertiary/aromatic N) is 4. The van der Waals surface area contributed by atoms with E-state index >= 15 is 0 Å². The summed E-state index contributed by atoms with van der Waals surface area (Å²) in [7, 11) is 0. The van der Waals surface area contributed by atoms with Gasteiger partial charge in [-0.1, -0.05) is 6.58 Å². The number of halogens is 3. The van der Waals surface area contributed by atoms with Crippen molar-refractivity contribution in [2.75, 3.05) is 31.1 Å². The lowest BCUT2D eigenvalue weighted by atomic mass is 10.1. The zero-order chi connectivity index (χ0) is 20.3. The SMILES string of the molecule is C=CC(=O)N[C@@H]1CC[C@@H](C(=O)N2CCN(c3nccc(C(F)(F)F)n3)CC2)C1. The molecule has 7 nitrogen and oxygen atoms in total. The van der Waals surface area contributed by atoms with Crippen molar-refractivity contribution in [2.24, 2.45) is 5.92 Å². The normalized spacial score (nSPS) is 22.8. The van der Waals surface area contributed by atoms with Crippen LogP contribution in [0.1, 0.15) is 25.0 Å². The van der Waals surface area contributed by atoms with E-state index in [4.69, 9.17) is 0 Å². The first kappa shape index (κ1) is 20.1. The van der Waals surface area contributed by atoms with E-state index in [2.05, 4.69) is 21.9 Å². The monoisotopic (exact) mass is 397 g/mol. The first-order valence-corrected chi connectivity index (χ1v) is 9.15.